The number of carbonyl (C=O) groups is 4. The highest BCUT2D eigenvalue weighted by Crippen LogP contribution is 2.35. The maximum atomic E-state index is 12.9. The second kappa shape index (κ2) is 9.59. The van der Waals surface area contributed by atoms with Gasteiger partial charge in [0, 0.05) is 55.8 Å². The van der Waals surface area contributed by atoms with Crippen LogP contribution in [0.4, 0.5) is 5.69 Å². The lowest BCUT2D eigenvalue weighted by Crippen LogP contribution is -2.44. The lowest BCUT2D eigenvalue weighted by molar-refractivity contribution is -0.133. The summed E-state index contributed by atoms with van der Waals surface area (Å²) in [6.07, 6.45) is 2.99. The van der Waals surface area contributed by atoms with Gasteiger partial charge in [0.05, 0.1) is 18.0 Å². The number of thiophene rings is 1. The zero-order valence-corrected chi connectivity index (χ0v) is 20.3. The van der Waals surface area contributed by atoms with E-state index in [4.69, 9.17) is 0 Å². The largest absolute Gasteiger partial charge is 0.377 e. The number of anilines is 1. The van der Waals surface area contributed by atoms with E-state index in [1.54, 1.807) is 4.90 Å². The molecule has 0 N–H and O–H groups in total. The number of rotatable bonds is 8. The van der Waals surface area contributed by atoms with E-state index in [-0.39, 0.29) is 29.7 Å². The monoisotopic (exact) mass is 466 g/mol. The summed E-state index contributed by atoms with van der Waals surface area (Å²) in [5.74, 6) is -0.104. The highest BCUT2D eigenvalue weighted by Gasteiger charge is 2.40. The standard InChI is InChI=1S/C26H30N2O4S/c1-16-4-5-17(12-23(16)27(2)3)6-7-18(29)9-11-25-20-14-28(26(32)21(20)15-33-25)22-10-8-19(30)13-24(22)31/h4-5,12,15,22H,6-11,13-14H2,1-3H3. The van der Waals surface area contributed by atoms with E-state index in [0.717, 1.165) is 22.4 Å². The molecule has 6 nitrogen and oxygen atoms in total. The van der Waals surface area contributed by atoms with E-state index in [1.165, 1.54) is 22.6 Å². The summed E-state index contributed by atoms with van der Waals surface area (Å²) in [5.41, 5.74) is 5.15. The zero-order valence-electron chi connectivity index (χ0n) is 19.5. The molecule has 1 unspecified atom stereocenters. The SMILES string of the molecule is Cc1ccc(CCC(=O)CCc2scc3c2CN(C2CCC(=O)CC2=O)C3=O)cc1N(C)C. The number of amides is 1. The number of hydrogen-bond donors (Lipinski definition) is 0. The molecular weight excluding hydrogens is 436 g/mol. The summed E-state index contributed by atoms with van der Waals surface area (Å²) in [6.45, 7) is 2.49. The summed E-state index contributed by atoms with van der Waals surface area (Å²) in [4.78, 5) is 54.1. The fourth-order valence-electron chi connectivity index (χ4n) is 4.78. The second-order valence-corrected chi connectivity index (χ2v) is 10.2. The predicted octanol–water partition coefficient (Wildman–Crippen LogP) is 3.90. The Bertz CT molecular complexity index is 1120. The van der Waals surface area contributed by atoms with Gasteiger partial charge in [0.15, 0.2) is 5.78 Å². The Morgan fingerprint density at radius 1 is 1.15 bits per heavy atom. The molecule has 4 rings (SSSR count). The van der Waals surface area contributed by atoms with Crippen molar-refractivity contribution in [2.24, 2.45) is 0 Å². The quantitative estimate of drug-likeness (QED) is 0.552. The second-order valence-electron chi connectivity index (χ2n) is 9.27. The molecule has 1 aliphatic heterocycles. The number of Topliss-reactive ketones (excluding diaryl/α,β-unsaturated/α-hetero) is 3. The van der Waals surface area contributed by atoms with Crippen LogP contribution in [0.2, 0.25) is 0 Å². The molecule has 1 aromatic carbocycles. The molecule has 1 aromatic heterocycles. The maximum absolute atomic E-state index is 12.9. The fourth-order valence-corrected chi connectivity index (χ4v) is 5.82. The Hall–Kier alpha value is -2.80. The number of hydrogen-bond acceptors (Lipinski definition) is 6. The molecule has 2 heterocycles. The average Bonchev–Trinajstić information content (AvgIpc) is 3.31. The molecule has 1 fully saturated rings. The molecule has 0 radical (unpaired) electrons. The molecular formula is C26H30N2O4S. The van der Waals surface area contributed by atoms with Gasteiger partial charge in [-0.1, -0.05) is 12.1 Å². The minimum Gasteiger partial charge on any atom is -0.377 e. The highest BCUT2D eigenvalue weighted by atomic mass is 32.1. The van der Waals surface area contributed by atoms with Crippen LogP contribution in [0.3, 0.4) is 0 Å². The molecule has 7 heteroatoms. The normalized spacial score (nSPS) is 18.1. The van der Waals surface area contributed by atoms with E-state index in [0.29, 0.717) is 44.2 Å². The number of ketones is 3. The van der Waals surface area contributed by atoms with Crippen molar-refractivity contribution in [1.82, 2.24) is 4.90 Å². The number of nitrogens with zero attached hydrogens (tertiary/aromatic N) is 2. The molecule has 0 bridgehead atoms. The highest BCUT2D eigenvalue weighted by molar-refractivity contribution is 7.10. The van der Waals surface area contributed by atoms with Crippen molar-refractivity contribution in [3.63, 3.8) is 0 Å². The van der Waals surface area contributed by atoms with Crippen LogP contribution < -0.4 is 4.90 Å². The van der Waals surface area contributed by atoms with Crippen LogP contribution in [0.1, 0.15) is 64.0 Å². The van der Waals surface area contributed by atoms with Crippen LogP contribution in [0.25, 0.3) is 0 Å². The van der Waals surface area contributed by atoms with Crippen LogP contribution in [-0.4, -0.2) is 48.3 Å². The summed E-state index contributed by atoms with van der Waals surface area (Å²) >= 11 is 1.52. The number of benzene rings is 1. The Balaban J connectivity index is 1.33. The molecule has 2 aliphatic rings. The Labute approximate surface area is 198 Å². The molecule has 1 saturated carbocycles. The molecule has 1 atom stereocenters. The number of aryl methyl sites for hydroxylation is 3. The third kappa shape index (κ3) is 4.93. The molecule has 2 aromatic rings. The number of carbonyl (C=O) groups excluding carboxylic acids is 4. The predicted molar refractivity (Wildman–Crippen MR) is 129 cm³/mol. The van der Waals surface area contributed by atoms with Gasteiger partial charge in [0.25, 0.3) is 5.91 Å². The van der Waals surface area contributed by atoms with Crippen molar-refractivity contribution in [2.45, 2.75) is 64.5 Å². The lowest BCUT2D eigenvalue weighted by Gasteiger charge is -2.29. The summed E-state index contributed by atoms with van der Waals surface area (Å²) < 4.78 is 0. The van der Waals surface area contributed by atoms with Crippen LogP contribution in [-0.2, 0) is 33.8 Å². The van der Waals surface area contributed by atoms with Crippen molar-refractivity contribution < 1.29 is 19.2 Å². The van der Waals surface area contributed by atoms with Crippen molar-refractivity contribution >= 4 is 40.3 Å². The van der Waals surface area contributed by atoms with Crippen molar-refractivity contribution in [2.75, 3.05) is 19.0 Å². The first-order chi connectivity index (χ1) is 15.7. The molecule has 174 valence electrons. The smallest absolute Gasteiger partial charge is 0.255 e. The van der Waals surface area contributed by atoms with Gasteiger partial charge in [0.1, 0.15) is 11.6 Å². The number of fused-ring (bicyclic) bond motifs is 1. The van der Waals surface area contributed by atoms with E-state index in [2.05, 4.69) is 30.0 Å². The topological polar surface area (TPSA) is 74.8 Å². The minimum absolute atomic E-state index is 0.0418. The molecule has 0 spiro atoms. The van der Waals surface area contributed by atoms with Crippen molar-refractivity contribution in [3.8, 4) is 0 Å². The maximum Gasteiger partial charge on any atom is 0.255 e. The minimum atomic E-state index is -0.497. The van der Waals surface area contributed by atoms with E-state index in [9.17, 15) is 19.2 Å². The van der Waals surface area contributed by atoms with Crippen molar-refractivity contribution in [1.29, 1.82) is 0 Å². The Kier molecular flexibility index (Phi) is 6.79. The van der Waals surface area contributed by atoms with Crippen LogP contribution >= 0.6 is 11.3 Å². The molecule has 0 saturated heterocycles. The van der Waals surface area contributed by atoms with Gasteiger partial charge in [-0.2, -0.15) is 0 Å². The van der Waals surface area contributed by atoms with Crippen LogP contribution in [0.5, 0.6) is 0 Å². The average molecular weight is 467 g/mol. The Morgan fingerprint density at radius 3 is 2.64 bits per heavy atom. The van der Waals surface area contributed by atoms with Crippen LogP contribution in [0, 0.1) is 6.92 Å². The van der Waals surface area contributed by atoms with E-state index < -0.39 is 6.04 Å². The fraction of sp³-hybridized carbons (Fsp3) is 0.462. The molecule has 33 heavy (non-hydrogen) atoms. The van der Waals surface area contributed by atoms with Gasteiger partial charge in [0.2, 0.25) is 0 Å². The van der Waals surface area contributed by atoms with Gasteiger partial charge >= 0.3 is 0 Å². The van der Waals surface area contributed by atoms with Gasteiger partial charge in [-0.05, 0) is 48.9 Å². The van der Waals surface area contributed by atoms with Gasteiger partial charge in [-0.25, -0.2) is 0 Å². The first-order valence-corrected chi connectivity index (χ1v) is 12.4. The van der Waals surface area contributed by atoms with E-state index >= 15 is 0 Å². The molecule has 1 amide bonds. The van der Waals surface area contributed by atoms with E-state index in [1.807, 2.05) is 19.5 Å². The first kappa shape index (κ1) is 23.4. The van der Waals surface area contributed by atoms with Gasteiger partial charge in [-0.15, -0.1) is 11.3 Å². The summed E-state index contributed by atoms with van der Waals surface area (Å²) in [7, 11) is 4.04. The third-order valence-electron chi connectivity index (χ3n) is 6.70. The van der Waals surface area contributed by atoms with Crippen LogP contribution in [0.15, 0.2) is 23.6 Å². The Morgan fingerprint density at radius 2 is 1.91 bits per heavy atom. The summed E-state index contributed by atoms with van der Waals surface area (Å²) in [5, 5.41) is 1.85. The van der Waals surface area contributed by atoms with Gasteiger partial charge in [-0.3, -0.25) is 19.2 Å². The third-order valence-corrected chi connectivity index (χ3v) is 7.78. The first-order valence-electron chi connectivity index (χ1n) is 11.5. The summed E-state index contributed by atoms with van der Waals surface area (Å²) in [6, 6.07) is 5.83. The molecule has 1 aliphatic carbocycles. The van der Waals surface area contributed by atoms with Crippen molar-refractivity contribution in [3.05, 3.63) is 50.7 Å². The zero-order chi connectivity index (χ0) is 23.7. The lowest BCUT2D eigenvalue weighted by atomic mass is 9.92. The van der Waals surface area contributed by atoms with Gasteiger partial charge < -0.3 is 9.80 Å².